The highest BCUT2D eigenvalue weighted by molar-refractivity contribution is 5.87. The van der Waals surface area contributed by atoms with Crippen LogP contribution in [0.3, 0.4) is 0 Å². The highest BCUT2D eigenvalue weighted by atomic mass is 19.3. The van der Waals surface area contributed by atoms with Crippen LogP contribution < -0.4 is 0 Å². The number of aromatic carboxylic acids is 1. The van der Waals surface area contributed by atoms with Crippen molar-refractivity contribution >= 4 is 5.97 Å². The largest absolute Gasteiger partial charge is 0.476 e. The molecular formula is C9H12F2N2O2. The van der Waals surface area contributed by atoms with E-state index in [1.54, 1.807) is 20.8 Å². The Hall–Kier alpha value is -1.46. The lowest BCUT2D eigenvalue weighted by Crippen LogP contribution is -2.22. The number of nitrogens with zero attached hydrogens (tertiary/aromatic N) is 2. The Balaban J connectivity index is 3.28. The molecule has 1 rings (SSSR count). The quantitative estimate of drug-likeness (QED) is 0.828. The number of rotatable bonds is 2. The summed E-state index contributed by atoms with van der Waals surface area (Å²) in [5, 5.41) is 12.3. The first-order valence-electron chi connectivity index (χ1n) is 4.35. The maximum Gasteiger partial charge on any atom is 0.356 e. The predicted molar refractivity (Wildman–Crippen MR) is 49.1 cm³/mol. The third-order valence-electron chi connectivity index (χ3n) is 1.87. The van der Waals surface area contributed by atoms with Crippen molar-refractivity contribution in [3.8, 4) is 0 Å². The zero-order valence-electron chi connectivity index (χ0n) is 8.66. The van der Waals surface area contributed by atoms with Gasteiger partial charge in [-0.1, -0.05) is 0 Å². The summed E-state index contributed by atoms with van der Waals surface area (Å²) in [5.41, 5.74) is -1.64. The van der Waals surface area contributed by atoms with Gasteiger partial charge in [0.05, 0.1) is 11.1 Å². The fraction of sp³-hybridized carbons (Fsp3) is 0.556. The van der Waals surface area contributed by atoms with Crippen molar-refractivity contribution in [3.63, 3.8) is 0 Å². The van der Waals surface area contributed by atoms with Crippen LogP contribution in [-0.2, 0) is 5.54 Å². The predicted octanol–water partition coefficient (Wildman–Crippen LogP) is 2.27. The number of alkyl halides is 2. The third kappa shape index (κ3) is 2.31. The minimum Gasteiger partial charge on any atom is -0.476 e. The van der Waals surface area contributed by atoms with Gasteiger partial charge in [0.1, 0.15) is 0 Å². The van der Waals surface area contributed by atoms with Crippen LogP contribution in [0, 0.1) is 0 Å². The fourth-order valence-electron chi connectivity index (χ4n) is 1.06. The molecule has 0 aliphatic rings. The van der Waals surface area contributed by atoms with E-state index in [-0.39, 0.29) is 0 Å². The van der Waals surface area contributed by atoms with Gasteiger partial charge in [0.2, 0.25) is 0 Å². The van der Waals surface area contributed by atoms with Crippen molar-refractivity contribution < 1.29 is 18.7 Å². The lowest BCUT2D eigenvalue weighted by molar-refractivity contribution is 0.0677. The van der Waals surface area contributed by atoms with Gasteiger partial charge >= 0.3 is 5.97 Å². The zero-order chi connectivity index (χ0) is 11.8. The number of hydrogen-bond donors (Lipinski definition) is 1. The molecule has 0 radical (unpaired) electrons. The monoisotopic (exact) mass is 218 g/mol. The van der Waals surface area contributed by atoms with E-state index in [2.05, 4.69) is 5.10 Å². The van der Waals surface area contributed by atoms with Crippen LogP contribution in [0.2, 0.25) is 0 Å². The molecule has 4 nitrogen and oxygen atoms in total. The molecule has 0 fully saturated rings. The molecule has 0 saturated carbocycles. The number of aromatic nitrogens is 2. The van der Waals surface area contributed by atoms with Gasteiger partial charge in [-0.15, -0.1) is 0 Å². The first-order chi connectivity index (χ1) is 6.73. The lowest BCUT2D eigenvalue weighted by Gasteiger charge is -2.18. The van der Waals surface area contributed by atoms with Crippen LogP contribution in [-0.4, -0.2) is 20.9 Å². The van der Waals surface area contributed by atoms with Crippen molar-refractivity contribution in [2.45, 2.75) is 32.7 Å². The van der Waals surface area contributed by atoms with Gasteiger partial charge in [0.25, 0.3) is 6.43 Å². The summed E-state index contributed by atoms with van der Waals surface area (Å²) in [7, 11) is 0. The number of halogens is 2. The molecule has 15 heavy (non-hydrogen) atoms. The molecule has 6 heteroatoms. The molecule has 0 aromatic carbocycles. The number of carboxylic acid groups (broad SMARTS) is 1. The maximum absolute atomic E-state index is 12.5. The maximum atomic E-state index is 12.5. The van der Waals surface area contributed by atoms with E-state index in [0.717, 1.165) is 6.20 Å². The van der Waals surface area contributed by atoms with Crippen LogP contribution >= 0.6 is 0 Å². The van der Waals surface area contributed by atoms with Crippen LogP contribution in [0.15, 0.2) is 6.20 Å². The summed E-state index contributed by atoms with van der Waals surface area (Å²) >= 11 is 0. The second-order valence-electron chi connectivity index (χ2n) is 4.15. The topological polar surface area (TPSA) is 55.1 Å². The highest BCUT2D eigenvalue weighted by Gasteiger charge is 2.26. The molecule has 84 valence electrons. The van der Waals surface area contributed by atoms with Gasteiger partial charge in [-0.25, -0.2) is 13.6 Å². The summed E-state index contributed by atoms with van der Waals surface area (Å²) in [4.78, 5) is 10.7. The van der Waals surface area contributed by atoms with Crippen molar-refractivity contribution in [1.82, 2.24) is 9.78 Å². The molecule has 0 unspecified atom stereocenters. The number of carbonyl (C=O) groups is 1. The average molecular weight is 218 g/mol. The van der Waals surface area contributed by atoms with E-state index in [0.29, 0.717) is 0 Å². The van der Waals surface area contributed by atoms with Gasteiger partial charge < -0.3 is 5.11 Å². The summed E-state index contributed by atoms with van der Waals surface area (Å²) in [6.45, 7) is 5.25. The fourth-order valence-corrected chi connectivity index (χ4v) is 1.06. The van der Waals surface area contributed by atoms with Crippen molar-refractivity contribution in [3.05, 3.63) is 17.5 Å². The molecular weight excluding hydrogens is 206 g/mol. The van der Waals surface area contributed by atoms with E-state index < -0.39 is 29.2 Å². The molecule has 1 aromatic heterocycles. The van der Waals surface area contributed by atoms with Gasteiger partial charge in [0, 0.05) is 6.20 Å². The Bertz CT molecular complexity index is 380. The first kappa shape index (κ1) is 11.6. The van der Waals surface area contributed by atoms with Gasteiger partial charge in [-0.3, -0.25) is 4.68 Å². The Labute approximate surface area is 85.5 Å². The second kappa shape index (κ2) is 3.60. The summed E-state index contributed by atoms with van der Waals surface area (Å²) in [6, 6.07) is 0. The van der Waals surface area contributed by atoms with Crippen LogP contribution in [0.25, 0.3) is 0 Å². The molecule has 1 N–H and O–H groups in total. The Morgan fingerprint density at radius 1 is 1.53 bits per heavy atom. The SMILES string of the molecule is CC(C)(C)n1cc(C(F)F)c(C(=O)O)n1. The first-order valence-corrected chi connectivity index (χ1v) is 4.35. The average Bonchev–Trinajstić information content (AvgIpc) is 2.45. The Kier molecular flexibility index (Phi) is 2.79. The smallest absolute Gasteiger partial charge is 0.356 e. The second-order valence-corrected chi connectivity index (χ2v) is 4.15. The van der Waals surface area contributed by atoms with Crippen LogP contribution in [0.5, 0.6) is 0 Å². The molecule has 0 bridgehead atoms. The molecule has 0 saturated heterocycles. The van der Waals surface area contributed by atoms with Gasteiger partial charge in [-0.05, 0) is 20.8 Å². The molecule has 1 heterocycles. The summed E-state index contributed by atoms with van der Waals surface area (Å²) in [5.74, 6) is -1.44. The van der Waals surface area contributed by atoms with E-state index in [9.17, 15) is 13.6 Å². The van der Waals surface area contributed by atoms with Crippen molar-refractivity contribution in [2.24, 2.45) is 0 Å². The molecule has 0 aliphatic carbocycles. The van der Waals surface area contributed by atoms with E-state index in [4.69, 9.17) is 5.11 Å². The molecule has 1 aromatic rings. The lowest BCUT2D eigenvalue weighted by atomic mass is 10.1. The molecule has 0 aliphatic heterocycles. The van der Waals surface area contributed by atoms with E-state index in [1.807, 2.05) is 0 Å². The zero-order valence-corrected chi connectivity index (χ0v) is 8.66. The minimum absolute atomic E-state index is 0.517. The Morgan fingerprint density at radius 2 is 2.07 bits per heavy atom. The summed E-state index contributed by atoms with van der Waals surface area (Å²) in [6.07, 6.45) is -1.75. The van der Waals surface area contributed by atoms with Crippen LogP contribution in [0.4, 0.5) is 8.78 Å². The normalized spacial score (nSPS) is 12.1. The van der Waals surface area contributed by atoms with Gasteiger partial charge in [0.15, 0.2) is 5.69 Å². The van der Waals surface area contributed by atoms with E-state index in [1.165, 1.54) is 4.68 Å². The molecule has 0 amide bonds. The molecule has 0 spiro atoms. The standard InChI is InChI=1S/C9H12F2N2O2/c1-9(2,3)13-4-5(7(10)11)6(12-13)8(14)15/h4,7H,1-3H3,(H,14,15). The van der Waals surface area contributed by atoms with Gasteiger partial charge in [-0.2, -0.15) is 5.10 Å². The van der Waals surface area contributed by atoms with Crippen LogP contribution in [0.1, 0.15) is 43.2 Å². The highest BCUT2D eigenvalue weighted by Crippen LogP contribution is 2.25. The molecule has 0 atom stereocenters. The number of hydrogen-bond acceptors (Lipinski definition) is 2. The number of carboxylic acids is 1. The summed E-state index contributed by atoms with van der Waals surface area (Å²) < 4.78 is 26.2. The van der Waals surface area contributed by atoms with E-state index >= 15 is 0 Å². The Morgan fingerprint density at radius 3 is 2.33 bits per heavy atom. The minimum atomic E-state index is -2.83. The van der Waals surface area contributed by atoms with Crippen molar-refractivity contribution in [1.29, 1.82) is 0 Å². The van der Waals surface area contributed by atoms with Crippen molar-refractivity contribution in [2.75, 3.05) is 0 Å². The third-order valence-corrected chi connectivity index (χ3v) is 1.87.